The van der Waals surface area contributed by atoms with Crippen molar-refractivity contribution in [2.24, 2.45) is 0 Å². The van der Waals surface area contributed by atoms with Crippen LogP contribution in [0.4, 0.5) is 0 Å². The molecule has 1 rings (SSSR count). The molecule has 0 aliphatic heterocycles. The zero-order chi connectivity index (χ0) is 10.1. The second-order valence-corrected chi connectivity index (χ2v) is 4.11. The zero-order valence-corrected chi connectivity index (χ0v) is 8.85. The third-order valence-electron chi connectivity index (χ3n) is 2.26. The average molecular weight is 197 g/mol. The SMILES string of the molecule is Cc1ccc(C(C)(C)C(=O)Cl)cc1. The summed E-state index contributed by atoms with van der Waals surface area (Å²) in [6, 6.07) is 7.85. The third-order valence-corrected chi connectivity index (χ3v) is 2.74. The van der Waals surface area contributed by atoms with Crippen LogP contribution in [0.1, 0.15) is 25.0 Å². The third kappa shape index (κ3) is 2.10. The Morgan fingerprint density at radius 3 is 2.08 bits per heavy atom. The quantitative estimate of drug-likeness (QED) is 0.665. The Bertz CT molecular complexity index is 311. The fourth-order valence-corrected chi connectivity index (χ4v) is 1.19. The van der Waals surface area contributed by atoms with E-state index in [9.17, 15) is 4.79 Å². The lowest BCUT2D eigenvalue weighted by Gasteiger charge is -2.19. The molecule has 0 radical (unpaired) electrons. The Morgan fingerprint density at radius 1 is 1.23 bits per heavy atom. The van der Waals surface area contributed by atoms with Gasteiger partial charge in [-0.05, 0) is 37.9 Å². The van der Waals surface area contributed by atoms with Gasteiger partial charge in [-0.1, -0.05) is 29.8 Å². The Labute approximate surface area is 83.7 Å². The highest BCUT2D eigenvalue weighted by Crippen LogP contribution is 2.25. The number of aryl methyl sites for hydroxylation is 1. The lowest BCUT2D eigenvalue weighted by molar-refractivity contribution is -0.115. The van der Waals surface area contributed by atoms with E-state index in [0.717, 1.165) is 5.56 Å². The molecule has 0 aliphatic rings. The number of hydrogen-bond acceptors (Lipinski definition) is 1. The Morgan fingerprint density at radius 2 is 1.69 bits per heavy atom. The lowest BCUT2D eigenvalue weighted by Crippen LogP contribution is -2.24. The summed E-state index contributed by atoms with van der Waals surface area (Å²) in [6.45, 7) is 5.67. The molecule has 0 saturated heterocycles. The molecule has 0 atom stereocenters. The van der Waals surface area contributed by atoms with Gasteiger partial charge < -0.3 is 0 Å². The van der Waals surface area contributed by atoms with Gasteiger partial charge in [0.1, 0.15) is 0 Å². The van der Waals surface area contributed by atoms with E-state index < -0.39 is 5.41 Å². The van der Waals surface area contributed by atoms with Crippen LogP contribution in [0.25, 0.3) is 0 Å². The number of carbonyl (C=O) groups is 1. The van der Waals surface area contributed by atoms with Gasteiger partial charge in [0, 0.05) is 0 Å². The first kappa shape index (κ1) is 10.3. The van der Waals surface area contributed by atoms with Crippen LogP contribution in [-0.4, -0.2) is 5.24 Å². The van der Waals surface area contributed by atoms with E-state index in [1.54, 1.807) is 0 Å². The fraction of sp³-hybridized carbons (Fsp3) is 0.364. The second kappa shape index (κ2) is 3.51. The molecule has 0 heterocycles. The van der Waals surface area contributed by atoms with Crippen LogP contribution in [-0.2, 0) is 10.2 Å². The highest BCUT2D eigenvalue weighted by atomic mass is 35.5. The van der Waals surface area contributed by atoms with Crippen molar-refractivity contribution in [2.75, 3.05) is 0 Å². The van der Waals surface area contributed by atoms with E-state index in [2.05, 4.69) is 0 Å². The minimum absolute atomic E-state index is 0.323. The monoisotopic (exact) mass is 196 g/mol. The number of rotatable bonds is 2. The number of hydrogen-bond donors (Lipinski definition) is 0. The van der Waals surface area contributed by atoms with Gasteiger partial charge in [0.2, 0.25) is 5.24 Å². The van der Waals surface area contributed by atoms with E-state index in [1.165, 1.54) is 5.56 Å². The summed E-state index contributed by atoms with van der Waals surface area (Å²) < 4.78 is 0. The maximum atomic E-state index is 11.1. The summed E-state index contributed by atoms with van der Waals surface area (Å²) in [5.41, 5.74) is 1.55. The summed E-state index contributed by atoms with van der Waals surface area (Å²) in [6.07, 6.45) is 0. The van der Waals surface area contributed by atoms with Crippen molar-refractivity contribution in [3.8, 4) is 0 Å². The zero-order valence-electron chi connectivity index (χ0n) is 8.10. The normalized spacial score (nSPS) is 11.4. The Hall–Kier alpha value is -0.820. The smallest absolute Gasteiger partial charge is 0.231 e. The van der Waals surface area contributed by atoms with Gasteiger partial charge in [-0.15, -0.1) is 0 Å². The van der Waals surface area contributed by atoms with Crippen LogP contribution in [0.2, 0.25) is 0 Å². The molecule has 1 aromatic carbocycles. The van der Waals surface area contributed by atoms with E-state index >= 15 is 0 Å². The van der Waals surface area contributed by atoms with Crippen molar-refractivity contribution >= 4 is 16.8 Å². The molecule has 70 valence electrons. The van der Waals surface area contributed by atoms with Crippen LogP contribution in [0, 0.1) is 6.92 Å². The van der Waals surface area contributed by atoms with Crippen LogP contribution < -0.4 is 0 Å². The molecule has 2 heteroatoms. The first-order chi connectivity index (χ1) is 5.94. The largest absolute Gasteiger partial charge is 0.280 e. The van der Waals surface area contributed by atoms with E-state index in [1.807, 2.05) is 45.0 Å². The van der Waals surface area contributed by atoms with Gasteiger partial charge in [-0.25, -0.2) is 0 Å². The number of carbonyl (C=O) groups excluding carboxylic acids is 1. The average Bonchev–Trinajstić information content (AvgIpc) is 2.04. The minimum Gasteiger partial charge on any atom is -0.280 e. The molecule has 0 aliphatic carbocycles. The number of benzene rings is 1. The van der Waals surface area contributed by atoms with Crippen molar-refractivity contribution in [1.29, 1.82) is 0 Å². The first-order valence-corrected chi connectivity index (χ1v) is 4.59. The minimum atomic E-state index is -0.588. The summed E-state index contributed by atoms with van der Waals surface area (Å²) in [5.74, 6) is 0. The molecule has 13 heavy (non-hydrogen) atoms. The molecule has 0 fully saturated rings. The van der Waals surface area contributed by atoms with Crippen molar-refractivity contribution < 1.29 is 4.79 Å². The van der Waals surface area contributed by atoms with E-state index in [0.29, 0.717) is 0 Å². The van der Waals surface area contributed by atoms with Crippen LogP contribution in [0.3, 0.4) is 0 Å². The van der Waals surface area contributed by atoms with Gasteiger partial charge in [0.15, 0.2) is 0 Å². The summed E-state index contributed by atoms with van der Waals surface area (Å²) in [7, 11) is 0. The second-order valence-electron chi connectivity index (χ2n) is 3.76. The Balaban J connectivity index is 3.08. The first-order valence-electron chi connectivity index (χ1n) is 4.21. The van der Waals surface area contributed by atoms with Gasteiger partial charge in [0.05, 0.1) is 5.41 Å². The molecular formula is C11H13ClO. The molecule has 0 N–H and O–H groups in total. The molecule has 0 saturated carbocycles. The molecule has 0 bridgehead atoms. The van der Waals surface area contributed by atoms with Gasteiger partial charge in [0.25, 0.3) is 0 Å². The van der Waals surface area contributed by atoms with Gasteiger partial charge in [-0.3, -0.25) is 4.79 Å². The molecular weight excluding hydrogens is 184 g/mol. The van der Waals surface area contributed by atoms with Gasteiger partial charge in [-0.2, -0.15) is 0 Å². The fourth-order valence-electron chi connectivity index (χ4n) is 1.08. The molecule has 0 spiro atoms. The van der Waals surface area contributed by atoms with E-state index in [-0.39, 0.29) is 5.24 Å². The van der Waals surface area contributed by atoms with Crippen LogP contribution in [0.5, 0.6) is 0 Å². The molecule has 1 aromatic rings. The van der Waals surface area contributed by atoms with Gasteiger partial charge >= 0.3 is 0 Å². The number of halogens is 1. The van der Waals surface area contributed by atoms with Crippen molar-refractivity contribution in [3.63, 3.8) is 0 Å². The van der Waals surface area contributed by atoms with Crippen LogP contribution >= 0.6 is 11.6 Å². The molecule has 0 amide bonds. The molecule has 0 unspecified atom stereocenters. The standard InChI is InChI=1S/C11H13ClO/c1-8-4-6-9(7-5-8)11(2,3)10(12)13/h4-7H,1-3H3. The molecule has 0 aromatic heterocycles. The van der Waals surface area contributed by atoms with Crippen molar-refractivity contribution in [2.45, 2.75) is 26.2 Å². The highest BCUT2D eigenvalue weighted by molar-refractivity contribution is 6.65. The maximum absolute atomic E-state index is 11.1. The van der Waals surface area contributed by atoms with Crippen molar-refractivity contribution in [1.82, 2.24) is 0 Å². The summed E-state index contributed by atoms with van der Waals surface area (Å²) >= 11 is 5.50. The maximum Gasteiger partial charge on any atom is 0.231 e. The van der Waals surface area contributed by atoms with Crippen molar-refractivity contribution in [3.05, 3.63) is 35.4 Å². The van der Waals surface area contributed by atoms with Crippen LogP contribution in [0.15, 0.2) is 24.3 Å². The summed E-state index contributed by atoms with van der Waals surface area (Å²) in [5, 5.41) is -0.323. The predicted octanol–water partition coefficient (Wildman–Crippen LogP) is 3.04. The predicted molar refractivity (Wildman–Crippen MR) is 55.1 cm³/mol. The Kier molecular flexibility index (Phi) is 2.77. The topological polar surface area (TPSA) is 17.1 Å². The summed E-state index contributed by atoms with van der Waals surface area (Å²) in [4.78, 5) is 11.1. The molecule has 1 nitrogen and oxygen atoms in total. The van der Waals surface area contributed by atoms with E-state index in [4.69, 9.17) is 11.6 Å². The lowest BCUT2D eigenvalue weighted by atomic mass is 9.86. The highest BCUT2D eigenvalue weighted by Gasteiger charge is 2.27.